The lowest BCUT2D eigenvalue weighted by molar-refractivity contribution is -0.274. The van der Waals surface area contributed by atoms with E-state index in [0.29, 0.717) is 6.42 Å². The van der Waals surface area contributed by atoms with Gasteiger partial charge in [0.1, 0.15) is 5.75 Å². The minimum atomic E-state index is -4.63. The second kappa shape index (κ2) is 4.41. The molecule has 0 N–H and O–H groups in total. The maximum Gasteiger partial charge on any atom is 0.573 e. The fourth-order valence-electron chi connectivity index (χ4n) is 0.923. The van der Waals surface area contributed by atoms with E-state index in [-0.39, 0.29) is 5.75 Å². The topological polar surface area (TPSA) is 9.23 Å². The summed E-state index contributed by atoms with van der Waals surface area (Å²) < 4.78 is 38.9. The van der Waals surface area contributed by atoms with Crippen LogP contribution in [0.25, 0.3) is 0 Å². The van der Waals surface area contributed by atoms with Gasteiger partial charge in [-0.05, 0) is 23.1 Å². The van der Waals surface area contributed by atoms with Crippen LogP contribution >= 0.6 is 12.2 Å². The Morgan fingerprint density at radius 2 is 1.79 bits per heavy atom. The third-order valence-electron chi connectivity index (χ3n) is 1.48. The van der Waals surface area contributed by atoms with Crippen LogP contribution in [0.1, 0.15) is 5.56 Å². The minimum Gasteiger partial charge on any atom is -0.406 e. The number of hydrogen-bond donors (Lipinski definition) is 0. The lowest BCUT2D eigenvalue weighted by Gasteiger charge is -2.08. The Hall–Kier alpha value is -1.10. The molecule has 1 nitrogen and oxygen atoms in total. The smallest absolute Gasteiger partial charge is 0.406 e. The summed E-state index contributed by atoms with van der Waals surface area (Å²) in [6.45, 7) is 0. The Bertz CT molecular complexity index is 305. The third-order valence-corrected chi connectivity index (χ3v) is 1.64. The highest BCUT2D eigenvalue weighted by Gasteiger charge is 2.30. The number of benzene rings is 1. The van der Waals surface area contributed by atoms with E-state index in [9.17, 15) is 13.2 Å². The van der Waals surface area contributed by atoms with Crippen LogP contribution < -0.4 is 4.74 Å². The third kappa shape index (κ3) is 3.74. The van der Waals surface area contributed by atoms with E-state index in [2.05, 4.69) is 17.0 Å². The fraction of sp³-hybridized carbons (Fsp3) is 0.222. The first-order valence-corrected chi connectivity index (χ1v) is 4.27. The highest BCUT2D eigenvalue weighted by molar-refractivity contribution is 7.78. The van der Waals surface area contributed by atoms with Crippen molar-refractivity contribution in [3.8, 4) is 5.75 Å². The first kappa shape index (κ1) is 11.0. The zero-order chi connectivity index (χ0) is 10.6. The molecule has 0 bridgehead atoms. The minimum absolute atomic E-state index is 0.217. The van der Waals surface area contributed by atoms with Gasteiger partial charge in [-0.25, -0.2) is 0 Å². The highest BCUT2D eigenvalue weighted by atomic mass is 32.1. The Labute approximate surface area is 84.5 Å². The van der Waals surface area contributed by atoms with E-state index >= 15 is 0 Å². The number of ether oxygens (including phenoxy) is 1. The number of rotatable bonds is 3. The second-order valence-corrected chi connectivity index (χ2v) is 2.90. The number of halogens is 3. The maximum atomic E-state index is 11.7. The molecule has 0 aliphatic heterocycles. The van der Waals surface area contributed by atoms with Crippen molar-refractivity contribution in [2.24, 2.45) is 0 Å². The molecule has 0 aliphatic rings. The molecule has 0 unspecified atom stereocenters. The van der Waals surface area contributed by atoms with Crippen LogP contribution in [-0.4, -0.2) is 11.7 Å². The Morgan fingerprint density at radius 3 is 2.21 bits per heavy atom. The van der Waals surface area contributed by atoms with Gasteiger partial charge in [0.25, 0.3) is 0 Å². The summed E-state index contributed by atoms with van der Waals surface area (Å²) in [5.74, 6) is -0.217. The Balaban J connectivity index is 2.68. The standard InChI is InChI=1S/C9H7F3OS/c10-9(11,12)13-8-3-1-7(2-4-8)5-6-14/h1-4,6H,5H2. The average molecular weight is 220 g/mol. The van der Waals surface area contributed by atoms with Crippen molar-refractivity contribution in [1.29, 1.82) is 0 Å². The molecule has 1 rings (SSSR count). The van der Waals surface area contributed by atoms with E-state index in [1.807, 2.05) is 0 Å². The Kier molecular flexibility index (Phi) is 3.46. The van der Waals surface area contributed by atoms with E-state index in [1.165, 1.54) is 17.5 Å². The zero-order valence-corrected chi connectivity index (χ0v) is 7.86. The predicted molar refractivity (Wildman–Crippen MR) is 50.5 cm³/mol. The van der Waals surface area contributed by atoms with Crippen molar-refractivity contribution < 1.29 is 17.9 Å². The SMILES string of the molecule is FC(F)(F)Oc1ccc(CC=S)cc1. The van der Waals surface area contributed by atoms with Crippen LogP contribution in [0.5, 0.6) is 5.75 Å². The van der Waals surface area contributed by atoms with Crippen molar-refractivity contribution in [2.45, 2.75) is 12.8 Å². The molecule has 1 aromatic rings. The molecule has 0 heterocycles. The molecule has 0 spiro atoms. The average Bonchev–Trinajstić information content (AvgIpc) is 2.06. The van der Waals surface area contributed by atoms with E-state index in [0.717, 1.165) is 5.56 Å². The number of alkyl halides is 3. The molecule has 0 aliphatic carbocycles. The first-order chi connectivity index (χ1) is 6.51. The molecule has 0 saturated carbocycles. The molecule has 0 saturated heterocycles. The molecule has 14 heavy (non-hydrogen) atoms. The largest absolute Gasteiger partial charge is 0.573 e. The summed E-state index contributed by atoms with van der Waals surface area (Å²) >= 11 is 4.62. The van der Waals surface area contributed by atoms with Gasteiger partial charge in [0.2, 0.25) is 0 Å². The number of thiocarbonyl (C=S) groups is 1. The molecule has 1 aromatic carbocycles. The van der Waals surface area contributed by atoms with Gasteiger partial charge in [-0.1, -0.05) is 24.4 Å². The highest BCUT2D eigenvalue weighted by Crippen LogP contribution is 2.22. The molecule has 0 aromatic heterocycles. The van der Waals surface area contributed by atoms with Crippen molar-refractivity contribution in [3.05, 3.63) is 29.8 Å². The summed E-state index contributed by atoms with van der Waals surface area (Å²) in [6, 6.07) is 5.62. The van der Waals surface area contributed by atoms with Crippen LogP contribution in [0.15, 0.2) is 24.3 Å². The monoisotopic (exact) mass is 220 g/mol. The van der Waals surface area contributed by atoms with Gasteiger partial charge in [0.15, 0.2) is 0 Å². The van der Waals surface area contributed by atoms with E-state index in [4.69, 9.17) is 0 Å². The zero-order valence-electron chi connectivity index (χ0n) is 7.04. The lowest BCUT2D eigenvalue weighted by Crippen LogP contribution is -2.17. The van der Waals surface area contributed by atoms with Crippen LogP contribution in [0.2, 0.25) is 0 Å². The summed E-state index contributed by atoms with van der Waals surface area (Å²) in [5.41, 5.74) is 0.856. The molecule has 0 fully saturated rings. The lowest BCUT2D eigenvalue weighted by atomic mass is 10.2. The summed E-state index contributed by atoms with van der Waals surface area (Å²) in [4.78, 5) is 0. The predicted octanol–water partition coefficient (Wildman–Crippen LogP) is 3.13. The summed E-state index contributed by atoms with van der Waals surface area (Å²) in [7, 11) is 0. The summed E-state index contributed by atoms with van der Waals surface area (Å²) in [5, 5.41) is 1.51. The van der Waals surface area contributed by atoms with Gasteiger partial charge >= 0.3 is 6.36 Å². The second-order valence-electron chi connectivity index (χ2n) is 2.56. The summed E-state index contributed by atoms with van der Waals surface area (Å²) in [6.07, 6.45) is -4.08. The van der Waals surface area contributed by atoms with Crippen molar-refractivity contribution in [3.63, 3.8) is 0 Å². The van der Waals surface area contributed by atoms with Gasteiger partial charge < -0.3 is 4.74 Å². The van der Waals surface area contributed by atoms with Gasteiger partial charge in [-0.15, -0.1) is 13.2 Å². The fourth-order valence-corrected chi connectivity index (χ4v) is 1.12. The van der Waals surface area contributed by atoms with Crippen LogP contribution in [0.3, 0.4) is 0 Å². The van der Waals surface area contributed by atoms with Crippen LogP contribution in [0.4, 0.5) is 13.2 Å². The normalized spacial score (nSPS) is 11.1. The quantitative estimate of drug-likeness (QED) is 0.724. The van der Waals surface area contributed by atoms with Crippen molar-refractivity contribution in [1.82, 2.24) is 0 Å². The van der Waals surface area contributed by atoms with Crippen molar-refractivity contribution in [2.75, 3.05) is 0 Å². The first-order valence-electron chi connectivity index (χ1n) is 3.79. The van der Waals surface area contributed by atoms with Gasteiger partial charge in [-0.2, -0.15) is 0 Å². The van der Waals surface area contributed by atoms with E-state index < -0.39 is 6.36 Å². The molecule has 0 amide bonds. The van der Waals surface area contributed by atoms with Gasteiger partial charge in [0.05, 0.1) is 0 Å². The van der Waals surface area contributed by atoms with Crippen LogP contribution in [0, 0.1) is 0 Å². The Morgan fingerprint density at radius 1 is 1.21 bits per heavy atom. The van der Waals surface area contributed by atoms with Crippen molar-refractivity contribution >= 4 is 17.6 Å². The van der Waals surface area contributed by atoms with Gasteiger partial charge in [0, 0.05) is 6.42 Å². The van der Waals surface area contributed by atoms with E-state index in [1.54, 1.807) is 12.1 Å². The molecule has 0 radical (unpaired) electrons. The molecular weight excluding hydrogens is 213 g/mol. The molecule has 5 heteroatoms. The number of hydrogen-bond acceptors (Lipinski definition) is 2. The molecular formula is C9H7F3OS. The molecule has 0 atom stereocenters. The molecule has 76 valence electrons. The maximum absolute atomic E-state index is 11.7. The van der Waals surface area contributed by atoms with Crippen LogP contribution in [-0.2, 0) is 6.42 Å². The van der Waals surface area contributed by atoms with Gasteiger partial charge in [-0.3, -0.25) is 0 Å².